The number of aromatic amines is 2. The van der Waals surface area contributed by atoms with Crippen molar-refractivity contribution in [3.05, 3.63) is 75.4 Å². The summed E-state index contributed by atoms with van der Waals surface area (Å²) in [5, 5.41) is 0. The highest BCUT2D eigenvalue weighted by atomic mass is 32.1. The van der Waals surface area contributed by atoms with E-state index >= 15 is 0 Å². The maximum Gasteiger partial charge on any atom is 0.279 e. The number of hydrazine groups is 1. The highest BCUT2D eigenvalue weighted by Crippen LogP contribution is 2.28. The van der Waals surface area contributed by atoms with Crippen molar-refractivity contribution in [2.75, 3.05) is 0 Å². The van der Waals surface area contributed by atoms with Crippen LogP contribution >= 0.6 is 23.6 Å². The molecule has 0 aliphatic carbocycles. The lowest BCUT2D eigenvalue weighted by Crippen LogP contribution is -2.41. The van der Waals surface area contributed by atoms with Crippen LogP contribution < -0.4 is 10.9 Å². The molecule has 2 aromatic heterocycles. The van der Waals surface area contributed by atoms with E-state index in [2.05, 4.69) is 20.8 Å². The van der Waals surface area contributed by atoms with Gasteiger partial charge in [-0.05, 0) is 54.2 Å². The van der Waals surface area contributed by atoms with Crippen LogP contribution in [0.15, 0.2) is 48.5 Å². The topological polar surface area (TPSA) is 89.8 Å². The number of H-pyrrole nitrogens is 2. The maximum atomic E-state index is 13.8. The van der Waals surface area contributed by atoms with Crippen molar-refractivity contribution >= 4 is 46.4 Å². The number of aromatic nitrogens is 2. The van der Waals surface area contributed by atoms with E-state index in [1.54, 1.807) is 24.3 Å². The van der Waals surface area contributed by atoms with Crippen LogP contribution in [0, 0.1) is 16.4 Å². The third-order valence-electron chi connectivity index (χ3n) is 4.08. The van der Waals surface area contributed by atoms with Gasteiger partial charge in [-0.1, -0.05) is 12.1 Å². The van der Waals surface area contributed by atoms with Crippen molar-refractivity contribution in [1.29, 1.82) is 0 Å². The van der Waals surface area contributed by atoms with Gasteiger partial charge in [-0.3, -0.25) is 20.4 Å². The van der Waals surface area contributed by atoms with E-state index in [-0.39, 0.29) is 16.2 Å². The number of nitrogens with one attached hydrogen (secondary N) is 4. The summed E-state index contributed by atoms with van der Waals surface area (Å²) >= 11 is 6.15. The van der Waals surface area contributed by atoms with Gasteiger partial charge in [0.1, 0.15) is 11.6 Å². The molecule has 2 heterocycles. The SMILES string of the molecule is O=C(NNC(=O)c1cc(F)cc2[nH]c(=S)[nH]c12)c1ccc(-c2ccc(F)cc2)s1. The molecule has 0 bridgehead atoms. The second kappa shape index (κ2) is 7.57. The normalized spacial score (nSPS) is 10.8. The monoisotopic (exact) mass is 430 g/mol. The number of rotatable bonds is 3. The summed E-state index contributed by atoms with van der Waals surface area (Å²) in [6.45, 7) is 0. The predicted octanol–water partition coefficient (Wildman–Crippen LogP) is 4.31. The molecule has 2 amide bonds. The summed E-state index contributed by atoms with van der Waals surface area (Å²) in [5.41, 5.74) is 6.00. The van der Waals surface area contributed by atoms with E-state index in [1.165, 1.54) is 29.5 Å². The first-order valence-corrected chi connectivity index (χ1v) is 9.51. The van der Waals surface area contributed by atoms with Crippen molar-refractivity contribution in [2.45, 2.75) is 0 Å². The van der Waals surface area contributed by atoms with Crippen LogP contribution in [0.2, 0.25) is 0 Å². The number of hydrogen-bond acceptors (Lipinski definition) is 4. The van der Waals surface area contributed by atoms with Crippen molar-refractivity contribution in [2.24, 2.45) is 0 Å². The van der Waals surface area contributed by atoms with Gasteiger partial charge >= 0.3 is 0 Å². The maximum absolute atomic E-state index is 13.8. The molecular formula is C19H12F2N4O2S2. The zero-order valence-electron chi connectivity index (χ0n) is 14.5. The van der Waals surface area contributed by atoms with Gasteiger partial charge in [0.05, 0.1) is 21.5 Å². The summed E-state index contributed by atoms with van der Waals surface area (Å²) in [4.78, 5) is 31.4. The van der Waals surface area contributed by atoms with E-state index in [1.807, 2.05) is 0 Å². The Morgan fingerprint density at radius 1 is 0.897 bits per heavy atom. The molecule has 6 nitrogen and oxygen atoms in total. The minimum Gasteiger partial charge on any atom is -0.331 e. The smallest absolute Gasteiger partial charge is 0.279 e. The number of carbonyl (C=O) groups is 2. The zero-order chi connectivity index (χ0) is 20.5. The Kier molecular flexibility index (Phi) is 4.95. The molecule has 29 heavy (non-hydrogen) atoms. The fraction of sp³-hybridized carbons (Fsp3) is 0. The minimum absolute atomic E-state index is 0.00849. The molecule has 0 aliphatic rings. The molecule has 4 N–H and O–H groups in total. The Bertz CT molecular complexity index is 1290. The molecule has 10 heteroatoms. The lowest BCUT2D eigenvalue weighted by Gasteiger charge is -2.07. The zero-order valence-corrected chi connectivity index (χ0v) is 16.1. The van der Waals surface area contributed by atoms with Gasteiger partial charge in [-0.15, -0.1) is 11.3 Å². The van der Waals surface area contributed by atoms with Gasteiger partial charge in [0.15, 0.2) is 4.77 Å². The van der Waals surface area contributed by atoms with E-state index in [0.717, 1.165) is 16.5 Å². The van der Waals surface area contributed by atoms with Crippen LogP contribution in [0.3, 0.4) is 0 Å². The van der Waals surface area contributed by atoms with Gasteiger partial charge in [0.2, 0.25) is 0 Å². The highest BCUT2D eigenvalue weighted by molar-refractivity contribution is 7.71. The number of benzene rings is 2. The summed E-state index contributed by atoms with van der Waals surface area (Å²) in [6.07, 6.45) is 0. The first-order valence-electron chi connectivity index (χ1n) is 8.29. The average molecular weight is 430 g/mol. The molecule has 0 aliphatic heterocycles. The van der Waals surface area contributed by atoms with E-state index < -0.39 is 17.6 Å². The summed E-state index contributed by atoms with van der Waals surface area (Å²) < 4.78 is 27.0. The Labute approximate surface area is 171 Å². The molecule has 0 atom stereocenters. The Morgan fingerprint density at radius 2 is 1.62 bits per heavy atom. The van der Waals surface area contributed by atoms with Gasteiger partial charge in [-0.25, -0.2) is 8.78 Å². The summed E-state index contributed by atoms with van der Waals surface area (Å²) in [7, 11) is 0. The van der Waals surface area contributed by atoms with Crippen LogP contribution in [0.5, 0.6) is 0 Å². The van der Waals surface area contributed by atoms with Gasteiger partial charge < -0.3 is 9.97 Å². The Morgan fingerprint density at radius 3 is 2.38 bits per heavy atom. The van der Waals surface area contributed by atoms with E-state index in [4.69, 9.17) is 12.2 Å². The number of amides is 2. The number of fused-ring (bicyclic) bond motifs is 1. The first-order chi connectivity index (χ1) is 13.9. The average Bonchev–Trinajstić information content (AvgIpc) is 3.32. The second-order valence-corrected chi connectivity index (χ2v) is 7.53. The van der Waals surface area contributed by atoms with Gasteiger partial charge in [0.25, 0.3) is 11.8 Å². The van der Waals surface area contributed by atoms with Crippen molar-refractivity contribution in [3.8, 4) is 10.4 Å². The van der Waals surface area contributed by atoms with E-state index in [9.17, 15) is 18.4 Å². The molecular weight excluding hydrogens is 418 g/mol. The molecule has 4 rings (SSSR count). The van der Waals surface area contributed by atoms with Crippen LogP contribution in [-0.4, -0.2) is 21.8 Å². The number of halogens is 2. The molecule has 4 aromatic rings. The predicted molar refractivity (Wildman–Crippen MR) is 108 cm³/mol. The number of carbonyl (C=O) groups excluding carboxylic acids is 2. The van der Waals surface area contributed by atoms with Gasteiger partial charge in [-0.2, -0.15) is 0 Å². The molecule has 0 fully saturated rings. The molecule has 146 valence electrons. The summed E-state index contributed by atoms with van der Waals surface area (Å²) in [6, 6.07) is 11.5. The first kappa shape index (κ1) is 19.0. The van der Waals surface area contributed by atoms with Crippen molar-refractivity contribution in [1.82, 2.24) is 20.8 Å². The lowest BCUT2D eigenvalue weighted by molar-refractivity contribution is 0.0849. The van der Waals surface area contributed by atoms with Crippen LogP contribution in [0.25, 0.3) is 21.5 Å². The molecule has 0 spiro atoms. The fourth-order valence-electron chi connectivity index (χ4n) is 2.76. The summed E-state index contributed by atoms with van der Waals surface area (Å²) in [5.74, 6) is -2.21. The third kappa shape index (κ3) is 3.93. The largest absolute Gasteiger partial charge is 0.331 e. The molecule has 0 unspecified atom stereocenters. The van der Waals surface area contributed by atoms with Crippen molar-refractivity contribution in [3.63, 3.8) is 0 Å². The fourth-order valence-corrected chi connectivity index (χ4v) is 3.88. The van der Waals surface area contributed by atoms with E-state index in [0.29, 0.717) is 15.9 Å². The molecule has 0 saturated heterocycles. The van der Waals surface area contributed by atoms with Crippen molar-refractivity contribution < 1.29 is 18.4 Å². The minimum atomic E-state index is -0.705. The number of thiophene rings is 1. The lowest BCUT2D eigenvalue weighted by atomic mass is 10.1. The Hall–Kier alpha value is -3.37. The van der Waals surface area contributed by atoms with Crippen LogP contribution in [0.4, 0.5) is 8.78 Å². The molecule has 0 saturated carbocycles. The highest BCUT2D eigenvalue weighted by Gasteiger charge is 2.16. The molecule has 0 radical (unpaired) electrons. The molecule has 2 aromatic carbocycles. The second-order valence-electron chi connectivity index (χ2n) is 6.03. The Balaban J connectivity index is 1.48. The number of imidazole rings is 1. The standard InChI is InChI=1S/C19H12F2N4O2S2/c20-10-3-1-9(2-4-10)14-5-6-15(29-14)18(27)25-24-17(26)12-7-11(21)8-13-16(12)23-19(28)22-13/h1-8H,(H,24,26)(H,25,27)(H2,22,23,28). The van der Waals surface area contributed by atoms with Crippen LogP contribution in [-0.2, 0) is 0 Å². The number of hydrogen-bond donors (Lipinski definition) is 4. The third-order valence-corrected chi connectivity index (χ3v) is 5.42. The van der Waals surface area contributed by atoms with Crippen LogP contribution in [0.1, 0.15) is 20.0 Å². The van der Waals surface area contributed by atoms with Gasteiger partial charge in [0, 0.05) is 4.88 Å². The quantitative estimate of drug-likeness (QED) is 0.288.